The van der Waals surface area contributed by atoms with E-state index >= 15 is 0 Å². The summed E-state index contributed by atoms with van der Waals surface area (Å²) in [5.74, 6) is -2.75. The lowest BCUT2D eigenvalue weighted by Crippen LogP contribution is -2.47. The number of hydrogen-bond acceptors (Lipinski definition) is 3. The van der Waals surface area contributed by atoms with Crippen LogP contribution in [-0.2, 0) is 0 Å². The molecule has 1 aliphatic rings. The number of unbranched alkanes of at least 4 members (excludes halogenated alkanes) is 1. The highest BCUT2D eigenvalue weighted by atomic mass is 19.2. The van der Waals surface area contributed by atoms with Crippen LogP contribution in [0.4, 0.5) is 18.9 Å². The first kappa shape index (κ1) is 16.1. The van der Waals surface area contributed by atoms with Gasteiger partial charge in [-0.2, -0.15) is 0 Å². The Bertz CT molecular complexity index is 486. The lowest BCUT2D eigenvalue weighted by molar-refractivity contribution is 0.252. The largest absolute Gasteiger partial charge is 0.367 e. The maximum absolute atomic E-state index is 14.1. The fourth-order valence-electron chi connectivity index (χ4n) is 2.64. The van der Waals surface area contributed by atoms with Crippen molar-refractivity contribution in [1.82, 2.24) is 4.90 Å². The summed E-state index contributed by atoms with van der Waals surface area (Å²) in [4.78, 5) is 4.07. The fraction of sp³-hybridized carbons (Fsp3) is 0.600. The molecule has 1 fully saturated rings. The van der Waals surface area contributed by atoms with E-state index in [9.17, 15) is 13.2 Å². The molecule has 3 nitrogen and oxygen atoms in total. The maximum atomic E-state index is 14.1. The molecule has 6 heteroatoms. The second kappa shape index (κ2) is 7.13. The lowest BCUT2D eigenvalue weighted by atomic mass is 10.1. The van der Waals surface area contributed by atoms with Crippen LogP contribution in [0.2, 0.25) is 0 Å². The minimum absolute atomic E-state index is 0.160. The molecule has 21 heavy (non-hydrogen) atoms. The quantitative estimate of drug-likeness (QED) is 0.669. The predicted molar refractivity (Wildman–Crippen MR) is 78.0 cm³/mol. The van der Waals surface area contributed by atoms with Crippen LogP contribution in [0.5, 0.6) is 0 Å². The van der Waals surface area contributed by atoms with Crippen molar-refractivity contribution in [3.8, 4) is 0 Å². The van der Waals surface area contributed by atoms with E-state index in [1.807, 2.05) is 0 Å². The van der Waals surface area contributed by atoms with Crippen LogP contribution in [0.1, 0.15) is 18.4 Å². The van der Waals surface area contributed by atoms with E-state index in [1.165, 1.54) is 6.92 Å². The van der Waals surface area contributed by atoms with Gasteiger partial charge in [0.1, 0.15) is 0 Å². The molecular weight excluding hydrogens is 279 g/mol. The van der Waals surface area contributed by atoms with E-state index in [0.29, 0.717) is 19.6 Å². The Labute approximate surface area is 123 Å². The van der Waals surface area contributed by atoms with Gasteiger partial charge in [-0.05, 0) is 32.9 Å². The molecule has 0 saturated carbocycles. The van der Waals surface area contributed by atoms with Crippen LogP contribution >= 0.6 is 0 Å². The number of benzene rings is 1. The zero-order chi connectivity index (χ0) is 15.4. The molecule has 0 aliphatic carbocycles. The van der Waals surface area contributed by atoms with Crippen molar-refractivity contribution in [2.75, 3.05) is 44.2 Å². The molecule has 0 atom stereocenters. The number of hydrogen-bond donors (Lipinski definition) is 1. The van der Waals surface area contributed by atoms with Crippen molar-refractivity contribution < 1.29 is 13.2 Å². The van der Waals surface area contributed by atoms with Crippen LogP contribution in [0, 0.1) is 24.4 Å². The monoisotopic (exact) mass is 301 g/mol. The summed E-state index contributed by atoms with van der Waals surface area (Å²) in [6, 6.07) is 0.960. The van der Waals surface area contributed by atoms with E-state index in [4.69, 9.17) is 5.73 Å². The maximum Gasteiger partial charge on any atom is 0.164 e. The SMILES string of the molecule is Cc1c(F)c(F)cc(N2CCN(CCCCN)CC2)c1F. The van der Waals surface area contributed by atoms with Gasteiger partial charge in [-0.1, -0.05) is 0 Å². The summed E-state index contributed by atoms with van der Waals surface area (Å²) in [6.07, 6.45) is 2.05. The number of halogens is 3. The van der Waals surface area contributed by atoms with Crippen molar-refractivity contribution in [2.24, 2.45) is 5.73 Å². The van der Waals surface area contributed by atoms with E-state index in [1.54, 1.807) is 4.90 Å². The molecule has 0 aromatic heterocycles. The molecule has 1 heterocycles. The van der Waals surface area contributed by atoms with Crippen molar-refractivity contribution in [1.29, 1.82) is 0 Å². The highest BCUT2D eigenvalue weighted by Gasteiger charge is 2.23. The van der Waals surface area contributed by atoms with Gasteiger partial charge in [0.25, 0.3) is 0 Å². The minimum Gasteiger partial charge on any atom is -0.367 e. The van der Waals surface area contributed by atoms with Crippen molar-refractivity contribution >= 4 is 5.69 Å². The minimum atomic E-state index is -1.10. The predicted octanol–water partition coefficient (Wildman–Crippen LogP) is 2.27. The van der Waals surface area contributed by atoms with Crippen LogP contribution in [0.15, 0.2) is 6.07 Å². The smallest absolute Gasteiger partial charge is 0.164 e. The number of nitrogens with two attached hydrogens (primary N) is 1. The summed E-state index contributed by atoms with van der Waals surface area (Å²) in [5, 5.41) is 0. The topological polar surface area (TPSA) is 32.5 Å². The van der Waals surface area contributed by atoms with Crippen LogP contribution < -0.4 is 10.6 Å². The Kier molecular flexibility index (Phi) is 5.47. The molecule has 1 aliphatic heterocycles. The normalized spacial score (nSPS) is 16.5. The third-order valence-corrected chi connectivity index (χ3v) is 4.00. The Morgan fingerprint density at radius 1 is 1.05 bits per heavy atom. The molecule has 0 bridgehead atoms. The fourth-order valence-corrected chi connectivity index (χ4v) is 2.64. The lowest BCUT2D eigenvalue weighted by Gasteiger charge is -2.36. The average Bonchev–Trinajstić information content (AvgIpc) is 2.50. The van der Waals surface area contributed by atoms with Crippen molar-refractivity contribution in [3.63, 3.8) is 0 Å². The van der Waals surface area contributed by atoms with Crippen molar-refractivity contribution in [2.45, 2.75) is 19.8 Å². The van der Waals surface area contributed by atoms with E-state index < -0.39 is 17.5 Å². The van der Waals surface area contributed by atoms with Gasteiger partial charge < -0.3 is 10.6 Å². The van der Waals surface area contributed by atoms with Gasteiger partial charge >= 0.3 is 0 Å². The average molecular weight is 301 g/mol. The molecule has 0 spiro atoms. The molecule has 1 saturated heterocycles. The van der Waals surface area contributed by atoms with Crippen LogP contribution in [0.25, 0.3) is 0 Å². The molecule has 2 N–H and O–H groups in total. The first-order chi connectivity index (χ1) is 10.0. The molecule has 1 aromatic rings. The molecule has 0 radical (unpaired) electrons. The van der Waals surface area contributed by atoms with Crippen LogP contribution in [0.3, 0.4) is 0 Å². The van der Waals surface area contributed by atoms with Gasteiger partial charge in [0.2, 0.25) is 0 Å². The Morgan fingerprint density at radius 3 is 2.33 bits per heavy atom. The first-order valence-corrected chi connectivity index (χ1v) is 7.36. The first-order valence-electron chi connectivity index (χ1n) is 7.36. The molecular formula is C15H22F3N3. The summed E-state index contributed by atoms with van der Waals surface area (Å²) in [5.41, 5.74) is 5.37. The Hall–Kier alpha value is -1.27. The van der Waals surface area contributed by atoms with Gasteiger partial charge in [-0.25, -0.2) is 13.2 Å². The standard InChI is InChI=1S/C15H22F3N3/c1-11-14(17)12(16)10-13(15(11)18)21-8-6-20(7-9-21)5-3-2-4-19/h10H,2-9,19H2,1H3. The van der Waals surface area contributed by atoms with E-state index in [-0.39, 0.29) is 11.3 Å². The Morgan fingerprint density at radius 2 is 1.71 bits per heavy atom. The zero-order valence-corrected chi connectivity index (χ0v) is 12.3. The summed E-state index contributed by atoms with van der Waals surface area (Å²) in [7, 11) is 0. The highest BCUT2D eigenvalue weighted by Crippen LogP contribution is 2.27. The number of nitrogens with zero attached hydrogens (tertiary/aromatic N) is 2. The molecule has 118 valence electrons. The van der Waals surface area contributed by atoms with Crippen molar-refractivity contribution in [3.05, 3.63) is 29.1 Å². The summed E-state index contributed by atoms with van der Waals surface area (Å²) < 4.78 is 40.9. The van der Waals surface area contributed by atoms with Gasteiger partial charge in [-0.3, -0.25) is 4.90 Å². The molecule has 2 rings (SSSR count). The molecule has 0 unspecified atom stereocenters. The van der Waals surface area contributed by atoms with Crippen LogP contribution in [-0.4, -0.2) is 44.2 Å². The molecule has 0 amide bonds. The summed E-state index contributed by atoms with van der Waals surface area (Å²) in [6.45, 7) is 5.75. The summed E-state index contributed by atoms with van der Waals surface area (Å²) >= 11 is 0. The van der Waals surface area contributed by atoms with E-state index in [2.05, 4.69) is 4.90 Å². The van der Waals surface area contributed by atoms with E-state index in [0.717, 1.165) is 38.5 Å². The molecule has 1 aromatic carbocycles. The van der Waals surface area contributed by atoms with Gasteiger partial charge in [0.15, 0.2) is 17.5 Å². The number of rotatable bonds is 5. The second-order valence-corrected chi connectivity index (χ2v) is 5.45. The third kappa shape index (κ3) is 3.68. The Balaban J connectivity index is 1.99. The van der Waals surface area contributed by atoms with Gasteiger partial charge in [-0.15, -0.1) is 0 Å². The van der Waals surface area contributed by atoms with Gasteiger partial charge in [0, 0.05) is 37.8 Å². The third-order valence-electron chi connectivity index (χ3n) is 4.00. The second-order valence-electron chi connectivity index (χ2n) is 5.45. The number of anilines is 1. The van der Waals surface area contributed by atoms with Gasteiger partial charge in [0.05, 0.1) is 5.69 Å². The highest BCUT2D eigenvalue weighted by molar-refractivity contribution is 5.51. The number of piperazine rings is 1. The zero-order valence-electron chi connectivity index (χ0n) is 12.3.